The van der Waals surface area contributed by atoms with Crippen LogP contribution < -0.4 is 9.64 Å². The first-order valence-corrected chi connectivity index (χ1v) is 10.4. The zero-order valence-corrected chi connectivity index (χ0v) is 18.1. The molecule has 1 aromatic heterocycles. The number of aromatic nitrogens is 1. The van der Waals surface area contributed by atoms with E-state index in [1.165, 1.54) is 4.90 Å². The smallest absolute Gasteiger partial charge is 0.300 e. The zero-order chi connectivity index (χ0) is 23.5. The molecule has 4 rings (SSSR count). The lowest BCUT2D eigenvalue weighted by molar-refractivity contribution is -0.132. The minimum absolute atomic E-state index is 0.0269. The van der Waals surface area contributed by atoms with Crippen LogP contribution in [0.1, 0.15) is 35.2 Å². The predicted molar refractivity (Wildman–Crippen MR) is 123 cm³/mol. The van der Waals surface area contributed by atoms with Gasteiger partial charge in [0.05, 0.1) is 29.9 Å². The Morgan fingerprint density at radius 2 is 1.94 bits per heavy atom. The Labute approximate surface area is 191 Å². The molecule has 2 heterocycles. The lowest BCUT2D eigenvalue weighted by atomic mass is 9.95. The van der Waals surface area contributed by atoms with Crippen LogP contribution in [0.3, 0.4) is 0 Å². The molecule has 0 spiro atoms. The van der Waals surface area contributed by atoms with Crippen molar-refractivity contribution in [2.24, 2.45) is 0 Å². The number of pyridine rings is 1. The number of aryl methyl sites for hydroxylation is 1. The number of amides is 1. The van der Waals surface area contributed by atoms with Crippen LogP contribution in [-0.4, -0.2) is 28.4 Å². The van der Waals surface area contributed by atoms with Gasteiger partial charge < -0.3 is 9.84 Å². The minimum atomic E-state index is -0.876. The Morgan fingerprint density at radius 1 is 1.18 bits per heavy atom. The van der Waals surface area contributed by atoms with Gasteiger partial charge in [-0.3, -0.25) is 19.5 Å². The van der Waals surface area contributed by atoms with Crippen LogP contribution in [0.2, 0.25) is 0 Å². The number of aliphatic hydroxyl groups excluding tert-OH is 1. The van der Waals surface area contributed by atoms with E-state index in [0.29, 0.717) is 34.7 Å². The first kappa shape index (κ1) is 21.8. The molecule has 1 aliphatic heterocycles. The lowest BCUT2D eigenvalue weighted by Crippen LogP contribution is -2.29. The molecule has 0 aliphatic carbocycles. The van der Waals surface area contributed by atoms with E-state index in [1.54, 1.807) is 67.0 Å². The number of hydrogen-bond donors (Lipinski definition) is 1. The Morgan fingerprint density at radius 3 is 2.55 bits per heavy atom. The Hall–Kier alpha value is -4.44. The molecule has 1 amide bonds. The van der Waals surface area contributed by atoms with E-state index in [2.05, 4.69) is 4.98 Å². The summed E-state index contributed by atoms with van der Waals surface area (Å²) in [5, 5.41) is 20.3. The molecule has 0 radical (unpaired) electrons. The highest BCUT2D eigenvalue weighted by Gasteiger charge is 2.47. The molecular weight excluding hydrogens is 418 g/mol. The molecule has 3 aromatic rings. The first-order chi connectivity index (χ1) is 16.0. The van der Waals surface area contributed by atoms with Crippen LogP contribution in [0.5, 0.6) is 5.75 Å². The van der Waals surface area contributed by atoms with Crippen LogP contribution in [0, 0.1) is 18.3 Å². The highest BCUT2D eigenvalue weighted by atomic mass is 16.5. The third kappa shape index (κ3) is 3.94. The maximum atomic E-state index is 13.2. The van der Waals surface area contributed by atoms with Gasteiger partial charge in [-0.2, -0.15) is 5.26 Å². The Kier molecular flexibility index (Phi) is 5.92. The van der Waals surface area contributed by atoms with Gasteiger partial charge in [0.1, 0.15) is 11.5 Å². The maximum absolute atomic E-state index is 13.2. The number of ketones is 1. The summed E-state index contributed by atoms with van der Waals surface area (Å²) in [6, 6.07) is 16.1. The second kappa shape index (κ2) is 8.97. The number of carbonyl (C=O) groups excluding carboxylic acids is 2. The van der Waals surface area contributed by atoms with Crippen LogP contribution in [0.25, 0.3) is 5.76 Å². The molecule has 1 saturated heterocycles. The average molecular weight is 439 g/mol. The fraction of sp³-hybridized carbons (Fsp3) is 0.154. The molecule has 33 heavy (non-hydrogen) atoms. The van der Waals surface area contributed by atoms with Gasteiger partial charge in [0, 0.05) is 23.6 Å². The monoisotopic (exact) mass is 439 g/mol. The van der Waals surface area contributed by atoms with Crippen molar-refractivity contribution in [3.8, 4) is 11.8 Å². The van der Waals surface area contributed by atoms with Crippen molar-refractivity contribution < 1.29 is 19.4 Å². The van der Waals surface area contributed by atoms with Crippen molar-refractivity contribution in [2.75, 3.05) is 11.5 Å². The van der Waals surface area contributed by atoms with Crippen LogP contribution >= 0.6 is 0 Å². The summed E-state index contributed by atoms with van der Waals surface area (Å²) in [6.45, 7) is 4.23. The summed E-state index contributed by atoms with van der Waals surface area (Å²) in [6.07, 6.45) is 3.15. The molecule has 164 valence electrons. The maximum Gasteiger partial charge on any atom is 0.300 e. The number of anilines is 1. The normalized spacial score (nSPS) is 17.1. The van der Waals surface area contributed by atoms with Crippen molar-refractivity contribution in [3.05, 3.63) is 94.8 Å². The molecule has 7 heteroatoms. The zero-order valence-electron chi connectivity index (χ0n) is 18.1. The van der Waals surface area contributed by atoms with E-state index in [9.17, 15) is 14.7 Å². The molecular formula is C26H21N3O4. The highest BCUT2D eigenvalue weighted by Crippen LogP contribution is 2.42. The van der Waals surface area contributed by atoms with Crippen molar-refractivity contribution in [1.82, 2.24) is 4.98 Å². The van der Waals surface area contributed by atoms with Crippen LogP contribution in [0.15, 0.2) is 72.6 Å². The lowest BCUT2D eigenvalue weighted by Gasteiger charge is -2.25. The summed E-state index contributed by atoms with van der Waals surface area (Å²) < 4.78 is 5.56. The SMILES string of the molecule is CCOc1ccc(/C(O)=C2/C(=O)C(=O)N(c3ccc(C#N)cc3)C2c2cccnc2)cc1C. The number of rotatable bonds is 5. The number of nitriles is 1. The second-order valence-corrected chi connectivity index (χ2v) is 7.53. The quantitative estimate of drug-likeness (QED) is 0.361. The third-order valence-corrected chi connectivity index (χ3v) is 5.47. The van der Waals surface area contributed by atoms with E-state index in [1.807, 2.05) is 19.9 Å². The number of nitrogens with zero attached hydrogens (tertiary/aromatic N) is 3. The summed E-state index contributed by atoms with van der Waals surface area (Å²) in [4.78, 5) is 31.7. The van der Waals surface area contributed by atoms with Crippen molar-refractivity contribution >= 4 is 23.1 Å². The van der Waals surface area contributed by atoms with Gasteiger partial charge in [0.25, 0.3) is 11.7 Å². The van der Waals surface area contributed by atoms with Gasteiger partial charge in [-0.25, -0.2) is 0 Å². The first-order valence-electron chi connectivity index (χ1n) is 10.4. The number of aliphatic hydroxyl groups is 1. The number of ether oxygens (including phenoxy) is 1. The molecule has 1 aliphatic rings. The number of Topliss-reactive ketones (excluding diaryl/α,β-unsaturated/α-hetero) is 1. The molecule has 1 atom stereocenters. The summed E-state index contributed by atoms with van der Waals surface area (Å²) in [7, 11) is 0. The second-order valence-electron chi connectivity index (χ2n) is 7.53. The molecule has 2 aromatic carbocycles. The third-order valence-electron chi connectivity index (χ3n) is 5.47. The minimum Gasteiger partial charge on any atom is -0.507 e. The largest absolute Gasteiger partial charge is 0.507 e. The molecule has 1 N–H and O–H groups in total. The van der Waals surface area contributed by atoms with Crippen LogP contribution in [0.4, 0.5) is 5.69 Å². The van der Waals surface area contributed by atoms with E-state index in [0.717, 1.165) is 5.56 Å². The summed E-state index contributed by atoms with van der Waals surface area (Å²) in [5.74, 6) is -1.16. The summed E-state index contributed by atoms with van der Waals surface area (Å²) >= 11 is 0. The number of carbonyl (C=O) groups is 2. The van der Waals surface area contributed by atoms with Gasteiger partial charge in [-0.05, 0) is 73.5 Å². The van der Waals surface area contributed by atoms with Crippen molar-refractivity contribution in [1.29, 1.82) is 5.26 Å². The van der Waals surface area contributed by atoms with Gasteiger partial charge in [-0.15, -0.1) is 0 Å². The van der Waals surface area contributed by atoms with Crippen molar-refractivity contribution in [3.63, 3.8) is 0 Å². The molecule has 1 fully saturated rings. The van der Waals surface area contributed by atoms with Crippen molar-refractivity contribution in [2.45, 2.75) is 19.9 Å². The molecule has 0 bridgehead atoms. The number of benzene rings is 2. The Bertz CT molecular complexity index is 1290. The van der Waals surface area contributed by atoms with E-state index in [-0.39, 0.29) is 11.3 Å². The van der Waals surface area contributed by atoms with Gasteiger partial charge in [0.15, 0.2) is 0 Å². The predicted octanol–water partition coefficient (Wildman–Crippen LogP) is 4.29. The van der Waals surface area contributed by atoms with E-state index < -0.39 is 17.7 Å². The van der Waals surface area contributed by atoms with E-state index in [4.69, 9.17) is 10.00 Å². The van der Waals surface area contributed by atoms with Gasteiger partial charge >= 0.3 is 0 Å². The fourth-order valence-electron chi connectivity index (χ4n) is 3.92. The molecule has 0 saturated carbocycles. The average Bonchev–Trinajstić information content (AvgIpc) is 3.11. The summed E-state index contributed by atoms with van der Waals surface area (Å²) in [5.41, 5.74) is 2.61. The van der Waals surface area contributed by atoms with E-state index >= 15 is 0 Å². The van der Waals surface area contributed by atoms with Gasteiger partial charge in [0.2, 0.25) is 0 Å². The van der Waals surface area contributed by atoms with Gasteiger partial charge in [-0.1, -0.05) is 6.07 Å². The standard InChI is InChI=1S/C26H21N3O4/c1-3-33-21-11-8-18(13-16(21)2)24(30)22-23(19-5-4-12-28-15-19)29(26(32)25(22)31)20-9-6-17(14-27)7-10-20/h4-13,15,23,30H,3H2,1-2H3/b24-22-. The highest BCUT2D eigenvalue weighted by molar-refractivity contribution is 6.51. The molecule has 7 nitrogen and oxygen atoms in total. The Balaban J connectivity index is 1.89. The topological polar surface area (TPSA) is 104 Å². The molecule has 1 unspecified atom stereocenters. The van der Waals surface area contributed by atoms with Crippen LogP contribution in [-0.2, 0) is 9.59 Å². The number of hydrogen-bond acceptors (Lipinski definition) is 6. The fourth-order valence-corrected chi connectivity index (χ4v) is 3.92.